The molecule has 0 unspecified atom stereocenters. The summed E-state index contributed by atoms with van der Waals surface area (Å²) in [6, 6.07) is 30.7. The van der Waals surface area contributed by atoms with Gasteiger partial charge in [-0.25, -0.2) is 4.68 Å². The van der Waals surface area contributed by atoms with Gasteiger partial charge < -0.3 is 4.98 Å². The summed E-state index contributed by atoms with van der Waals surface area (Å²) >= 11 is 1.63. The second-order valence-electron chi connectivity index (χ2n) is 8.23. The third-order valence-electron chi connectivity index (χ3n) is 6.08. The molecule has 7 nitrogen and oxygen atoms in total. The first-order chi connectivity index (χ1) is 17.3. The van der Waals surface area contributed by atoms with Crippen LogP contribution >= 0.6 is 11.8 Å². The molecule has 7 rings (SSSR count). The van der Waals surface area contributed by atoms with E-state index in [2.05, 4.69) is 63.7 Å². The number of aromatic amines is 1. The van der Waals surface area contributed by atoms with E-state index in [4.69, 9.17) is 10.2 Å². The smallest absolute Gasteiger partial charge is 0.212 e. The van der Waals surface area contributed by atoms with Crippen LogP contribution in [0.4, 0.5) is 0 Å². The molecule has 0 saturated heterocycles. The Morgan fingerprint density at radius 3 is 2.46 bits per heavy atom. The number of nitrogens with one attached hydrogen (secondary N) is 1. The van der Waals surface area contributed by atoms with E-state index >= 15 is 0 Å². The van der Waals surface area contributed by atoms with Gasteiger partial charge in [0.15, 0.2) is 0 Å². The maximum atomic E-state index is 4.99. The van der Waals surface area contributed by atoms with Crippen molar-refractivity contribution in [2.24, 2.45) is 5.10 Å². The van der Waals surface area contributed by atoms with E-state index in [0.717, 1.165) is 50.0 Å². The predicted molar refractivity (Wildman–Crippen MR) is 139 cm³/mol. The van der Waals surface area contributed by atoms with Crippen LogP contribution in [-0.4, -0.2) is 41.1 Å². The van der Waals surface area contributed by atoms with E-state index < -0.39 is 0 Å². The van der Waals surface area contributed by atoms with Gasteiger partial charge in [0, 0.05) is 28.4 Å². The molecule has 0 aliphatic carbocycles. The predicted octanol–water partition coefficient (Wildman–Crippen LogP) is 5.64. The standard InChI is InChI=1S/C27H19N7S/c1-3-9-18(10-4-1)24-17-35-27-30-29-26(34(27)32-24)23-15-25(33(31-23)19-11-5-2-6-12-19)21-16-28-22-14-8-7-13-20(21)22/h1-16,28H,17H2. The van der Waals surface area contributed by atoms with Crippen molar-refractivity contribution in [3.05, 3.63) is 103 Å². The van der Waals surface area contributed by atoms with Gasteiger partial charge in [-0.3, -0.25) is 0 Å². The zero-order chi connectivity index (χ0) is 23.2. The van der Waals surface area contributed by atoms with Crippen molar-refractivity contribution in [1.82, 2.24) is 29.6 Å². The number of para-hydroxylation sites is 2. The van der Waals surface area contributed by atoms with Crippen LogP contribution in [-0.2, 0) is 0 Å². The summed E-state index contributed by atoms with van der Waals surface area (Å²) in [5.41, 5.74) is 6.90. The van der Waals surface area contributed by atoms with Crippen molar-refractivity contribution in [2.75, 3.05) is 5.75 Å². The fourth-order valence-electron chi connectivity index (χ4n) is 4.39. The second-order valence-corrected chi connectivity index (χ2v) is 9.17. The van der Waals surface area contributed by atoms with Gasteiger partial charge in [-0.1, -0.05) is 78.5 Å². The van der Waals surface area contributed by atoms with Gasteiger partial charge in [0.1, 0.15) is 5.69 Å². The third-order valence-corrected chi connectivity index (χ3v) is 7.01. The molecule has 1 aliphatic heterocycles. The molecule has 168 valence electrons. The number of aromatic nitrogens is 6. The summed E-state index contributed by atoms with van der Waals surface area (Å²) in [6.45, 7) is 0. The molecule has 8 heteroatoms. The molecule has 3 aromatic heterocycles. The van der Waals surface area contributed by atoms with Crippen LogP contribution in [0.15, 0.2) is 107 Å². The monoisotopic (exact) mass is 473 g/mol. The van der Waals surface area contributed by atoms with Gasteiger partial charge in [0.25, 0.3) is 0 Å². The minimum atomic E-state index is 0.622. The molecule has 0 bridgehead atoms. The van der Waals surface area contributed by atoms with Crippen LogP contribution < -0.4 is 0 Å². The van der Waals surface area contributed by atoms with Gasteiger partial charge in [0.2, 0.25) is 11.0 Å². The summed E-state index contributed by atoms with van der Waals surface area (Å²) in [7, 11) is 0. The Balaban J connectivity index is 1.41. The first-order valence-electron chi connectivity index (χ1n) is 11.3. The molecule has 35 heavy (non-hydrogen) atoms. The highest BCUT2D eigenvalue weighted by molar-refractivity contribution is 7.99. The molecule has 0 amide bonds. The average molecular weight is 474 g/mol. The number of fused-ring (bicyclic) bond motifs is 2. The first kappa shape index (κ1) is 20.0. The molecule has 0 fully saturated rings. The van der Waals surface area contributed by atoms with Gasteiger partial charge in [-0.05, 0) is 29.8 Å². The highest BCUT2D eigenvalue weighted by Gasteiger charge is 2.24. The Hall–Kier alpha value is -4.43. The Labute approximate surface area is 205 Å². The molecule has 6 aromatic rings. The highest BCUT2D eigenvalue weighted by atomic mass is 32.2. The number of H-pyrrole nitrogens is 1. The van der Waals surface area contributed by atoms with Crippen molar-refractivity contribution in [3.63, 3.8) is 0 Å². The van der Waals surface area contributed by atoms with E-state index in [0.29, 0.717) is 11.5 Å². The van der Waals surface area contributed by atoms with E-state index in [9.17, 15) is 0 Å². The van der Waals surface area contributed by atoms with Gasteiger partial charge >= 0.3 is 0 Å². The van der Waals surface area contributed by atoms with Crippen LogP contribution in [0, 0.1) is 0 Å². The second kappa shape index (κ2) is 8.11. The fourth-order valence-corrected chi connectivity index (χ4v) is 5.23. The summed E-state index contributed by atoms with van der Waals surface area (Å²) in [5, 5.41) is 20.7. The fraction of sp³-hybridized carbons (Fsp3) is 0.0370. The maximum absolute atomic E-state index is 4.99. The van der Waals surface area contributed by atoms with E-state index in [1.165, 1.54) is 0 Å². The van der Waals surface area contributed by atoms with Crippen molar-refractivity contribution in [3.8, 4) is 28.5 Å². The number of hydrogen-bond donors (Lipinski definition) is 1. The van der Waals surface area contributed by atoms with E-state index in [1.54, 1.807) is 11.8 Å². The number of nitrogens with zero attached hydrogens (tertiary/aromatic N) is 6. The molecule has 0 saturated carbocycles. The zero-order valence-electron chi connectivity index (χ0n) is 18.5. The Bertz CT molecular complexity index is 1690. The van der Waals surface area contributed by atoms with Crippen LogP contribution in [0.3, 0.4) is 0 Å². The highest BCUT2D eigenvalue weighted by Crippen LogP contribution is 2.34. The van der Waals surface area contributed by atoms with Gasteiger partial charge in [-0.15, -0.1) is 10.2 Å². The summed E-state index contributed by atoms with van der Waals surface area (Å²) in [6.07, 6.45) is 2.03. The lowest BCUT2D eigenvalue weighted by molar-refractivity contribution is 0.758. The van der Waals surface area contributed by atoms with Crippen molar-refractivity contribution >= 4 is 28.4 Å². The van der Waals surface area contributed by atoms with Crippen LogP contribution in [0.2, 0.25) is 0 Å². The molecular formula is C27H19N7S. The van der Waals surface area contributed by atoms with Crippen molar-refractivity contribution in [1.29, 1.82) is 0 Å². The Kier molecular flexibility index (Phi) is 4.63. The maximum Gasteiger partial charge on any atom is 0.212 e. The van der Waals surface area contributed by atoms with E-state index in [1.807, 2.05) is 58.0 Å². The largest absolute Gasteiger partial charge is 0.360 e. The minimum absolute atomic E-state index is 0.622. The molecule has 0 spiro atoms. The average Bonchev–Trinajstić information content (AvgIpc) is 3.65. The van der Waals surface area contributed by atoms with E-state index in [-0.39, 0.29) is 0 Å². The lowest BCUT2D eigenvalue weighted by Crippen LogP contribution is -2.13. The summed E-state index contributed by atoms with van der Waals surface area (Å²) in [5.74, 6) is 1.37. The molecular weight excluding hydrogens is 454 g/mol. The topological polar surface area (TPSA) is 76.7 Å². The number of benzene rings is 3. The molecule has 4 heterocycles. The SMILES string of the molecule is c1ccc(C2=Nn3c(nnc3-c3cc(-c4c[nH]c5ccccc45)n(-c4ccccc4)n3)SC2)cc1. The normalized spacial score (nSPS) is 13.1. The summed E-state index contributed by atoms with van der Waals surface area (Å²) in [4.78, 5) is 3.38. The van der Waals surface area contributed by atoms with Gasteiger partial charge in [0.05, 0.1) is 17.1 Å². The van der Waals surface area contributed by atoms with Crippen molar-refractivity contribution in [2.45, 2.75) is 5.16 Å². The number of thioether (sulfide) groups is 1. The molecule has 1 aliphatic rings. The van der Waals surface area contributed by atoms with Gasteiger partial charge in [-0.2, -0.15) is 14.9 Å². The number of rotatable bonds is 4. The van der Waals surface area contributed by atoms with Crippen LogP contribution in [0.1, 0.15) is 5.56 Å². The third kappa shape index (κ3) is 3.38. The Morgan fingerprint density at radius 2 is 1.60 bits per heavy atom. The lowest BCUT2D eigenvalue weighted by Gasteiger charge is -2.13. The molecule has 0 radical (unpaired) electrons. The zero-order valence-corrected chi connectivity index (χ0v) is 19.4. The first-order valence-corrected chi connectivity index (χ1v) is 12.3. The minimum Gasteiger partial charge on any atom is -0.360 e. The molecule has 3 aromatic carbocycles. The molecule has 0 atom stereocenters. The number of hydrogen-bond acceptors (Lipinski definition) is 5. The summed E-state index contributed by atoms with van der Waals surface area (Å²) < 4.78 is 3.78. The lowest BCUT2D eigenvalue weighted by atomic mass is 10.1. The van der Waals surface area contributed by atoms with Crippen LogP contribution in [0.5, 0.6) is 0 Å². The van der Waals surface area contributed by atoms with Crippen molar-refractivity contribution < 1.29 is 0 Å². The Morgan fingerprint density at radius 1 is 0.829 bits per heavy atom. The van der Waals surface area contributed by atoms with Crippen LogP contribution in [0.25, 0.3) is 39.4 Å². The molecule has 1 N–H and O–H groups in total. The quantitative estimate of drug-likeness (QED) is 0.360.